The molecular weight excluding hydrogens is 260 g/mol. The van der Waals surface area contributed by atoms with Crippen LogP contribution in [0.5, 0.6) is 5.75 Å². The lowest BCUT2D eigenvalue weighted by Crippen LogP contribution is -2.05. The van der Waals surface area contributed by atoms with Crippen LogP contribution in [0.25, 0.3) is 10.8 Å². The van der Waals surface area contributed by atoms with Gasteiger partial charge in [-0.15, -0.1) is 0 Å². The highest BCUT2D eigenvalue weighted by atomic mass is 16.5. The number of aliphatic hydroxyl groups excluding tert-OH is 1. The molecule has 2 nitrogen and oxygen atoms in total. The first-order valence-electron chi connectivity index (χ1n) is 7.16. The van der Waals surface area contributed by atoms with Gasteiger partial charge in [-0.3, -0.25) is 0 Å². The third-order valence-electron chi connectivity index (χ3n) is 3.54. The average Bonchev–Trinajstić information content (AvgIpc) is 2.55. The van der Waals surface area contributed by atoms with Crippen molar-refractivity contribution in [2.45, 2.75) is 6.42 Å². The fraction of sp³-hybridized carbons (Fsp3) is 0.158. The quantitative estimate of drug-likeness (QED) is 0.769. The van der Waals surface area contributed by atoms with Crippen LogP contribution in [0.1, 0.15) is 11.1 Å². The van der Waals surface area contributed by atoms with Crippen LogP contribution in [-0.4, -0.2) is 18.3 Å². The van der Waals surface area contributed by atoms with Crippen LogP contribution in [0.4, 0.5) is 0 Å². The molecule has 0 aliphatic carbocycles. The van der Waals surface area contributed by atoms with E-state index in [1.54, 1.807) is 0 Å². The van der Waals surface area contributed by atoms with Crippen LogP contribution in [0, 0.1) is 0 Å². The smallest absolute Gasteiger partial charge is 0.130 e. The minimum atomic E-state index is 0.0218. The Kier molecular flexibility index (Phi) is 4.17. The molecule has 0 saturated heterocycles. The number of benzene rings is 3. The van der Waals surface area contributed by atoms with Crippen molar-refractivity contribution in [1.82, 2.24) is 0 Å². The Morgan fingerprint density at radius 1 is 0.810 bits per heavy atom. The summed E-state index contributed by atoms with van der Waals surface area (Å²) >= 11 is 0. The lowest BCUT2D eigenvalue weighted by Gasteiger charge is -2.14. The normalized spacial score (nSPS) is 10.7. The van der Waals surface area contributed by atoms with E-state index in [1.165, 1.54) is 5.56 Å². The SMILES string of the molecule is OCCOc1c(Cc2ccccc2)ccc2ccccc12. The molecular formula is C19H18O2. The summed E-state index contributed by atoms with van der Waals surface area (Å²) in [6.07, 6.45) is 0.826. The van der Waals surface area contributed by atoms with E-state index in [0.29, 0.717) is 6.61 Å². The van der Waals surface area contributed by atoms with E-state index in [-0.39, 0.29) is 6.61 Å². The molecule has 0 saturated carbocycles. The summed E-state index contributed by atoms with van der Waals surface area (Å²) in [7, 11) is 0. The third-order valence-corrected chi connectivity index (χ3v) is 3.54. The van der Waals surface area contributed by atoms with E-state index < -0.39 is 0 Å². The number of hydrogen-bond acceptors (Lipinski definition) is 2. The Morgan fingerprint density at radius 2 is 1.57 bits per heavy atom. The van der Waals surface area contributed by atoms with Gasteiger partial charge in [0.2, 0.25) is 0 Å². The van der Waals surface area contributed by atoms with Crippen molar-refractivity contribution >= 4 is 10.8 Å². The molecule has 0 amide bonds. The Hall–Kier alpha value is -2.32. The number of rotatable bonds is 5. The Bertz CT molecular complexity index is 720. The number of hydrogen-bond donors (Lipinski definition) is 1. The van der Waals surface area contributed by atoms with Crippen molar-refractivity contribution in [2.24, 2.45) is 0 Å². The second-order valence-corrected chi connectivity index (χ2v) is 5.01. The van der Waals surface area contributed by atoms with E-state index in [9.17, 15) is 0 Å². The molecule has 3 aromatic carbocycles. The molecule has 0 atom stereocenters. The van der Waals surface area contributed by atoms with Crippen molar-refractivity contribution in [1.29, 1.82) is 0 Å². The number of aliphatic hydroxyl groups is 1. The van der Waals surface area contributed by atoms with E-state index >= 15 is 0 Å². The molecule has 21 heavy (non-hydrogen) atoms. The van der Waals surface area contributed by atoms with Crippen LogP contribution in [0.3, 0.4) is 0 Å². The monoisotopic (exact) mass is 278 g/mol. The van der Waals surface area contributed by atoms with Crippen molar-refractivity contribution < 1.29 is 9.84 Å². The van der Waals surface area contributed by atoms with E-state index in [4.69, 9.17) is 9.84 Å². The highest BCUT2D eigenvalue weighted by molar-refractivity contribution is 5.89. The van der Waals surface area contributed by atoms with Gasteiger partial charge < -0.3 is 9.84 Å². The zero-order chi connectivity index (χ0) is 14.5. The van der Waals surface area contributed by atoms with Gasteiger partial charge in [0.25, 0.3) is 0 Å². The van der Waals surface area contributed by atoms with Gasteiger partial charge in [0, 0.05) is 11.8 Å². The summed E-state index contributed by atoms with van der Waals surface area (Å²) in [5.74, 6) is 0.881. The van der Waals surface area contributed by atoms with E-state index in [0.717, 1.165) is 28.5 Å². The number of ether oxygens (including phenoxy) is 1. The zero-order valence-electron chi connectivity index (χ0n) is 11.8. The van der Waals surface area contributed by atoms with Gasteiger partial charge in [-0.2, -0.15) is 0 Å². The molecule has 0 spiro atoms. The summed E-state index contributed by atoms with van der Waals surface area (Å²) < 4.78 is 5.82. The summed E-state index contributed by atoms with van der Waals surface area (Å²) in [6.45, 7) is 0.337. The molecule has 0 radical (unpaired) electrons. The highest BCUT2D eigenvalue weighted by Gasteiger charge is 2.09. The second-order valence-electron chi connectivity index (χ2n) is 5.01. The molecule has 0 bridgehead atoms. The molecule has 106 valence electrons. The van der Waals surface area contributed by atoms with Crippen LogP contribution < -0.4 is 4.74 Å². The van der Waals surface area contributed by atoms with Crippen molar-refractivity contribution in [3.05, 3.63) is 77.9 Å². The average molecular weight is 278 g/mol. The van der Waals surface area contributed by atoms with Gasteiger partial charge in [-0.25, -0.2) is 0 Å². The van der Waals surface area contributed by atoms with Crippen molar-refractivity contribution in [2.75, 3.05) is 13.2 Å². The van der Waals surface area contributed by atoms with Gasteiger partial charge in [-0.05, 0) is 16.5 Å². The molecule has 0 heterocycles. The Labute approximate surface area is 124 Å². The molecule has 1 N–H and O–H groups in total. The molecule has 0 unspecified atom stereocenters. The first kappa shape index (κ1) is 13.7. The van der Waals surface area contributed by atoms with Crippen molar-refractivity contribution in [3.8, 4) is 5.75 Å². The number of fused-ring (bicyclic) bond motifs is 1. The fourth-order valence-corrected chi connectivity index (χ4v) is 2.56. The largest absolute Gasteiger partial charge is 0.490 e. The fourth-order valence-electron chi connectivity index (χ4n) is 2.56. The molecule has 2 heteroatoms. The minimum absolute atomic E-state index is 0.0218. The van der Waals surface area contributed by atoms with Gasteiger partial charge >= 0.3 is 0 Å². The van der Waals surface area contributed by atoms with Crippen LogP contribution >= 0.6 is 0 Å². The molecule has 3 aromatic rings. The maximum Gasteiger partial charge on any atom is 0.130 e. The molecule has 0 fully saturated rings. The lowest BCUT2D eigenvalue weighted by atomic mass is 9.99. The van der Waals surface area contributed by atoms with E-state index in [2.05, 4.69) is 36.4 Å². The summed E-state index contributed by atoms with van der Waals surface area (Å²) in [4.78, 5) is 0. The summed E-state index contributed by atoms with van der Waals surface area (Å²) in [5, 5.41) is 11.3. The van der Waals surface area contributed by atoms with Crippen LogP contribution in [-0.2, 0) is 6.42 Å². The summed E-state index contributed by atoms with van der Waals surface area (Å²) in [5.41, 5.74) is 2.40. The molecule has 0 aliphatic heterocycles. The first-order chi connectivity index (χ1) is 10.4. The lowest BCUT2D eigenvalue weighted by molar-refractivity contribution is 0.202. The maximum atomic E-state index is 9.06. The van der Waals surface area contributed by atoms with Gasteiger partial charge in [0.1, 0.15) is 12.4 Å². The summed E-state index contributed by atoms with van der Waals surface area (Å²) in [6, 6.07) is 22.8. The molecule has 0 aliphatic rings. The Balaban J connectivity index is 2.04. The van der Waals surface area contributed by atoms with Crippen LogP contribution in [0.15, 0.2) is 66.7 Å². The van der Waals surface area contributed by atoms with E-state index in [1.807, 2.05) is 30.3 Å². The molecule has 0 aromatic heterocycles. The predicted molar refractivity (Wildman–Crippen MR) is 85.8 cm³/mol. The maximum absolute atomic E-state index is 9.06. The first-order valence-corrected chi connectivity index (χ1v) is 7.16. The van der Waals surface area contributed by atoms with Crippen LogP contribution in [0.2, 0.25) is 0 Å². The topological polar surface area (TPSA) is 29.5 Å². The Morgan fingerprint density at radius 3 is 2.38 bits per heavy atom. The second kappa shape index (κ2) is 6.42. The third kappa shape index (κ3) is 3.06. The minimum Gasteiger partial charge on any atom is -0.490 e. The predicted octanol–water partition coefficient (Wildman–Crippen LogP) is 3.80. The molecule has 3 rings (SSSR count). The van der Waals surface area contributed by atoms with Gasteiger partial charge in [0.05, 0.1) is 6.61 Å². The van der Waals surface area contributed by atoms with Crippen molar-refractivity contribution in [3.63, 3.8) is 0 Å². The van der Waals surface area contributed by atoms with Gasteiger partial charge in [0.15, 0.2) is 0 Å². The zero-order valence-corrected chi connectivity index (χ0v) is 11.8. The standard InChI is InChI=1S/C19H18O2/c20-12-13-21-19-17(14-15-6-2-1-3-7-15)11-10-16-8-4-5-9-18(16)19/h1-11,20H,12-14H2. The van der Waals surface area contributed by atoms with Gasteiger partial charge in [-0.1, -0.05) is 66.7 Å². The highest BCUT2D eigenvalue weighted by Crippen LogP contribution is 2.31.